The molecule has 0 unspecified atom stereocenters. The lowest BCUT2D eigenvalue weighted by Crippen LogP contribution is -2.39. The molecule has 0 saturated carbocycles. The zero-order valence-electron chi connectivity index (χ0n) is 18.9. The summed E-state index contributed by atoms with van der Waals surface area (Å²) in [5.74, 6) is 0.0957. The van der Waals surface area contributed by atoms with Crippen molar-refractivity contribution in [3.63, 3.8) is 0 Å². The van der Waals surface area contributed by atoms with Gasteiger partial charge in [0.1, 0.15) is 5.75 Å². The van der Waals surface area contributed by atoms with Crippen molar-refractivity contribution in [2.24, 2.45) is 0 Å². The normalized spacial score (nSPS) is 16.7. The largest absolute Gasteiger partial charge is 0.573 e. The second-order valence-corrected chi connectivity index (χ2v) is 10.8. The van der Waals surface area contributed by atoms with Crippen LogP contribution >= 0.6 is 0 Å². The molecule has 1 aliphatic heterocycles. The van der Waals surface area contributed by atoms with E-state index in [1.807, 2.05) is 13.2 Å². The van der Waals surface area contributed by atoms with Crippen molar-refractivity contribution >= 4 is 20.7 Å². The van der Waals surface area contributed by atoms with Crippen molar-refractivity contribution < 1.29 is 26.3 Å². The lowest BCUT2D eigenvalue weighted by atomic mass is 10.0. The Morgan fingerprint density at radius 3 is 2.41 bits per heavy atom. The van der Waals surface area contributed by atoms with Crippen LogP contribution in [-0.4, -0.2) is 62.4 Å². The van der Waals surface area contributed by atoms with Gasteiger partial charge in [0.25, 0.3) is 0 Å². The molecule has 1 N–H and O–H groups in total. The van der Waals surface area contributed by atoms with E-state index in [1.165, 1.54) is 12.1 Å². The van der Waals surface area contributed by atoms with Gasteiger partial charge in [-0.3, -0.25) is 4.90 Å². The van der Waals surface area contributed by atoms with Crippen LogP contribution in [0.5, 0.6) is 5.75 Å². The average molecular weight is 496 g/mol. The van der Waals surface area contributed by atoms with Gasteiger partial charge in [-0.25, -0.2) is 8.42 Å². The van der Waals surface area contributed by atoms with Crippen LogP contribution < -0.4 is 10.1 Å². The molecule has 3 aromatic rings. The molecule has 34 heavy (non-hydrogen) atoms. The number of nitrogens with one attached hydrogen (secondary N) is 1. The maximum absolute atomic E-state index is 12.5. The fourth-order valence-corrected chi connectivity index (χ4v) is 5.56. The van der Waals surface area contributed by atoms with Crippen molar-refractivity contribution in [3.8, 4) is 16.9 Å². The average Bonchev–Trinajstić information content (AvgIpc) is 3.13. The molecule has 10 heteroatoms. The fourth-order valence-electron chi connectivity index (χ4n) is 4.29. The second-order valence-electron chi connectivity index (χ2n) is 8.54. The first-order valence-corrected chi connectivity index (χ1v) is 13.0. The number of alkyl halides is 3. The number of rotatable bonds is 8. The molecular weight excluding hydrogens is 467 g/mol. The Kier molecular flexibility index (Phi) is 7.20. The highest BCUT2D eigenvalue weighted by molar-refractivity contribution is 7.91. The van der Waals surface area contributed by atoms with Crippen LogP contribution in [0.2, 0.25) is 0 Å². The van der Waals surface area contributed by atoms with Crippen LogP contribution in [0, 0.1) is 0 Å². The molecule has 2 heterocycles. The maximum Gasteiger partial charge on any atom is 0.573 e. The Balaban J connectivity index is 1.64. The number of halogens is 3. The van der Waals surface area contributed by atoms with E-state index >= 15 is 0 Å². The number of hydrogen-bond donors (Lipinski definition) is 1. The molecule has 1 aromatic heterocycles. The number of fused-ring (bicyclic) bond motifs is 1. The van der Waals surface area contributed by atoms with E-state index in [4.69, 9.17) is 0 Å². The van der Waals surface area contributed by atoms with E-state index in [0.29, 0.717) is 19.6 Å². The monoisotopic (exact) mass is 495 g/mol. The summed E-state index contributed by atoms with van der Waals surface area (Å²) in [5.41, 5.74) is 3.85. The van der Waals surface area contributed by atoms with Crippen molar-refractivity contribution in [3.05, 3.63) is 54.2 Å². The predicted molar refractivity (Wildman–Crippen MR) is 127 cm³/mol. The molecule has 1 fully saturated rings. The van der Waals surface area contributed by atoms with Gasteiger partial charge in [0.15, 0.2) is 9.84 Å². The van der Waals surface area contributed by atoms with Gasteiger partial charge < -0.3 is 14.6 Å². The molecule has 0 atom stereocenters. The van der Waals surface area contributed by atoms with Gasteiger partial charge >= 0.3 is 6.36 Å². The number of aryl methyl sites for hydroxylation is 1. The first kappa shape index (κ1) is 24.6. The Morgan fingerprint density at radius 2 is 1.76 bits per heavy atom. The van der Waals surface area contributed by atoms with Gasteiger partial charge in [-0.2, -0.15) is 0 Å². The maximum atomic E-state index is 12.5. The minimum absolute atomic E-state index is 0.175. The highest BCUT2D eigenvalue weighted by Crippen LogP contribution is 2.34. The summed E-state index contributed by atoms with van der Waals surface area (Å²) in [7, 11) is -1.03. The molecule has 2 aromatic carbocycles. The third kappa shape index (κ3) is 6.11. The quantitative estimate of drug-likeness (QED) is 0.478. The number of nitrogens with zero attached hydrogens (tertiary/aromatic N) is 2. The summed E-state index contributed by atoms with van der Waals surface area (Å²) in [6.45, 7) is 3.34. The van der Waals surface area contributed by atoms with Gasteiger partial charge in [-0.05, 0) is 55.4 Å². The van der Waals surface area contributed by atoms with Crippen LogP contribution in [0.4, 0.5) is 13.2 Å². The summed E-state index contributed by atoms with van der Waals surface area (Å²) in [5, 5.41) is 4.15. The van der Waals surface area contributed by atoms with Crippen LogP contribution in [0.1, 0.15) is 12.0 Å². The molecule has 184 valence electrons. The van der Waals surface area contributed by atoms with Gasteiger partial charge in [0.05, 0.1) is 11.5 Å². The van der Waals surface area contributed by atoms with Crippen molar-refractivity contribution in [2.45, 2.75) is 25.9 Å². The Hall–Kier alpha value is -2.56. The van der Waals surface area contributed by atoms with E-state index in [9.17, 15) is 21.6 Å². The van der Waals surface area contributed by atoms with E-state index in [2.05, 4.69) is 37.7 Å². The Bertz CT molecular complexity index is 1220. The molecule has 6 nitrogen and oxygen atoms in total. The third-order valence-corrected chi connectivity index (χ3v) is 7.62. The van der Waals surface area contributed by atoms with E-state index < -0.39 is 16.2 Å². The number of benzene rings is 2. The molecule has 4 rings (SSSR count). The summed E-state index contributed by atoms with van der Waals surface area (Å²) in [4.78, 5) is 2.13. The van der Waals surface area contributed by atoms with Gasteiger partial charge in [-0.15, -0.1) is 13.2 Å². The van der Waals surface area contributed by atoms with Gasteiger partial charge in [0.2, 0.25) is 0 Å². The Morgan fingerprint density at radius 1 is 1.06 bits per heavy atom. The number of ether oxygens (including phenoxy) is 1. The lowest BCUT2D eigenvalue weighted by Gasteiger charge is -2.26. The first-order valence-electron chi connectivity index (χ1n) is 11.2. The predicted octanol–water partition coefficient (Wildman–Crippen LogP) is 4.05. The molecular formula is C24H28F3N3O3S. The van der Waals surface area contributed by atoms with Crippen molar-refractivity contribution in [1.29, 1.82) is 0 Å². The minimum Gasteiger partial charge on any atom is -0.406 e. The van der Waals surface area contributed by atoms with Gasteiger partial charge in [0, 0.05) is 48.8 Å². The molecule has 1 saturated heterocycles. The number of aromatic nitrogens is 1. The van der Waals surface area contributed by atoms with Crippen molar-refractivity contribution in [1.82, 2.24) is 14.8 Å². The van der Waals surface area contributed by atoms with Gasteiger partial charge in [-0.1, -0.05) is 18.2 Å². The van der Waals surface area contributed by atoms with E-state index in [-0.39, 0.29) is 17.3 Å². The summed E-state index contributed by atoms with van der Waals surface area (Å²) >= 11 is 0. The smallest absolute Gasteiger partial charge is 0.406 e. The standard InChI is InChI=1S/C24H28F3N3O3S/c1-28-9-2-10-30-17-22(19-4-6-20(7-5-19)33-24(25,26)27)21-15-18(3-8-23(21)30)16-29-11-13-34(31,32)14-12-29/h3-8,15,17,28H,2,9-14,16H2,1H3. The van der Waals surface area contributed by atoms with Crippen LogP contribution in [0.15, 0.2) is 48.7 Å². The summed E-state index contributed by atoms with van der Waals surface area (Å²) in [6.07, 6.45) is -1.76. The number of sulfone groups is 1. The van der Waals surface area contributed by atoms with E-state index in [1.54, 1.807) is 12.1 Å². The van der Waals surface area contributed by atoms with Crippen LogP contribution in [-0.2, 0) is 22.9 Å². The second kappa shape index (κ2) is 9.97. The Labute approximate surface area is 197 Å². The molecule has 0 spiro atoms. The molecule has 0 amide bonds. The highest BCUT2D eigenvalue weighted by atomic mass is 32.2. The zero-order valence-corrected chi connectivity index (χ0v) is 19.8. The zero-order chi connectivity index (χ0) is 24.3. The fraction of sp³-hybridized carbons (Fsp3) is 0.417. The minimum atomic E-state index is -4.73. The summed E-state index contributed by atoms with van der Waals surface area (Å²) < 4.78 is 67.2. The SMILES string of the molecule is CNCCCn1cc(-c2ccc(OC(F)(F)F)cc2)c2cc(CN3CCS(=O)(=O)CC3)ccc21. The molecule has 1 aliphatic rings. The lowest BCUT2D eigenvalue weighted by molar-refractivity contribution is -0.274. The highest BCUT2D eigenvalue weighted by Gasteiger charge is 2.31. The number of hydrogen-bond acceptors (Lipinski definition) is 5. The van der Waals surface area contributed by atoms with Crippen LogP contribution in [0.3, 0.4) is 0 Å². The first-order chi connectivity index (χ1) is 16.1. The topological polar surface area (TPSA) is 63.6 Å². The molecule has 0 aliphatic carbocycles. The molecule has 0 radical (unpaired) electrons. The summed E-state index contributed by atoms with van der Waals surface area (Å²) in [6, 6.07) is 12.1. The van der Waals surface area contributed by atoms with Crippen LogP contribution in [0.25, 0.3) is 22.0 Å². The van der Waals surface area contributed by atoms with E-state index in [0.717, 1.165) is 47.1 Å². The third-order valence-electron chi connectivity index (χ3n) is 6.01. The van der Waals surface area contributed by atoms with Crippen molar-refractivity contribution in [2.75, 3.05) is 38.2 Å². The molecule has 0 bridgehead atoms.